The highest BCUT2D eigenvalue weighted by Crippen LogP contribution is 2.43. The van der Waals surface area contributed by atoms with Crippen LogP contribution in [-0.4, -0.2) is 0 Å². The average molecular weight is 222 g/mol. The van der Waals surface area contributed by atoms with Gasteiger partial charge in [0.15, 0.2) is 0 Å². The normalized spacial score (nSPS) is 29.6. The van der Waals surface area contributed by atoms with Crippen molar-refractivity contribution in [1.82, 2.24) is 0 Å². The van der Waals surface area contributed by atoms with Crippen molar-refractivity contribution in [2.45, 2.75) is 72.1 Å². The molecule has 0 bridgehead atoms. The molecule has 0 amide bonds. The van der Waals surface area contributed by atoms with Crippen molar-refractivity contribution in [2.75, 3.05) is 0 Å². The highest BCUT2D eigenvalue weighted by Gasteiger charge is 2.34. The molecule has 1 fully saturated rings. The molecule has 3 unspecified atom stereocenters. The van der Waals surface area contributed by atoms with Crippen LogP contribution in [0.25, 0.3) is 0 Å². The van der Waals surface area contributed by atoms with Gasteiger partial charge in [0.25, 0.3) is 0 Å². The maximum atomic E-state index is 2.53. The van der Waals surface area contributed by atoms with Crippen LogP contribution in [0.4, 0.5) is 0 Å². The lowest BCUT2D eigenvalue weighted by atomic mass is 9.64. The molecule has 0 spiro atoms. The minimum absolute atomic E-state index is 0.910. The predicted octanol–water partition coefficient (Wildman–Crippen LogP) is 5.59. The molecule has 1 aliphatic carbocycles. The summed E-state index contributed by atoms with van der Waals surface area (Å²) in [7, 11) is 0. The van der Waals surface area contributed by atoms with Crippen molar-refractivity contribution < 1.29 is 0 Å². The Labute approximate surface area is 103 Å². The van der Waals surface area contributed by atoms with Gasteiger partial charge in [0.1, 0.15) is 0 Å². The predicted molar refractivity (Wildman–Crippen MR) is 73.6 cm³/mol. The first-order valence-corrected chi connectivity index (χ1v) is 7.46. The molecule has 1 rings (SSSR count). The third-order valence-corrected chi connectivity index (χ3v) is 4.14. The summed E-state index contributed by atoms with van der Waals surface area (Å²) in [4.78, 5) is 0. The molecule has 16 heavy (non-hydrogen) atoms. The van der Waals surface area contributed by atoms with Gasteiger partial charge in [-0.3, -0.25) is 0 Å². The van der Waals surface area contributed by atoms with Gasteiger partial charge < -0.3 is 0 Å². The number of unbranched alkanes of at least 4 members (excludes halogenated alkanes) is 4. The summed E-state index contributed by atoms with van der Waals surface area (Å²) in [5.41, 5.74) is 0. The Morgan fingerprint density at radius 3 is 2.44 bits per heavy atom. The summed E-state index contributed by atoms with van der Waals surface area (Å²) in [5, 5.41) is 0. The van der Waals surface area contributed by atoms with Gasteiger partial charge in [-0.1, -0.05) is 58.6 Å². The summed E-state index contributed by atoms with van der Waals surface area (Å²) >= 11 is 0. The highest BCUT2D eigenvalue weighted by atomic mass is 14.4. The molecule has 1 saturated carbocycles. The molecule has 0 radical (unpaired) electrons. The summed E-state index contributed by atoms with van der Waals surface area (Å²) in [5.74, 6) is 2.87. The van der Waals surface area contributed by atoms with E-state index in [0.717, 1.165) is 17.8 Å². The van der Waals surface area contributed by atoms with Crippen LogP contribution in [0.5, 0.6) is 0 Å². The molecule has 0 N–H and O–H groups in total. The molecule has 1 aliphatic rings. The first-order valence-electron chi connectivity index (χ1n) is 7.46. The van der Waals surface area contributed by atoms with E-state index in [-0.39, 0.29) is 0 Å². The lowest BCUT2D eigenvalue weighted by molar-refractivity contribution is 0.118. The second-order valence-electron chi connectivity index (χ2n) is 5.62. The molecule has 0 aromatic heterocycles. The quantitative estimate of drug-likeness (QED) is 0.371. The van der Waals surface area contributed by atoms with Crippen LogP contribution in [0.1, 0.15) is 72.1 Å². The van der Waals surface area contributed by atoms with E-state index in [2.05, 4.69) is 32.9 Å². The Balaban J connectivity index is 2.17. The number of hydrogen-bond donors (Lipinski definition) is 0. The van der Waals surface area contributed by atoms with E-state index in [1.54, 1.807) is 0 Å². The van der Waals surface area contributed by atoms with Crippen LogP contribution in [0.3, 0.4) is 0 Å². The van der Waals surface area contributed by atoms with Crippen LogP contribution in [-0.2, 0) is 0 Å². The van der Waals surface area contributed by atoms with Gasteiger partial charge in [-0.2, -0.15) is 0 Å². The van der Waals surface area contributed by atoms with Crippen molar-refractivity contribution in [3.05, 3.63) is 12.2 Å². The van der Waals surface area contributed by atoms with Crippen molar-refractivity contribution >= 4 is 0 Å². The van der Waals surface area contributed by atoms with Crippen molar-refractivity contribution in [3.63, 3.8) is 0 Å². The zero-order valence-corrected chi connectivity index (χ0v) is 11.5. The van der Waals surface area contributed by atoms with E-state index in [1.807, 2.05) is 0 Å². The van der Waals surface area contributed by atoms with E-state index in [4.69, 9.17) is 0 Å². The lowest BCUT2D eigenvalue weighted by Crippen LogP contribution is -2.33. The smallest absolute Gasteiger partial charge is 0.0179 e. The Morgan fingerprint density at radius 1 is 1.06 bits per heavy atom. The fraction of sp³-hybridized carbons (Fsp3) is 0.875. The van der Waals surface area contributed by atoms with Crippen LogP contribution >= 0.6 is 0 Å². The third kappa shape index (κ3) is 4.31. The van der Waals surface area contributed by atoms with Gasteiger partial charge >= 0.3 is 0 Å². The maximum absolute atomic E-state index is 2.53. The standard InChI is InChI=1S/C16H30/c1-4-6-8-9-10-12-16-14(3)13-15(16)11-7-5-2/h10,12,14-16H,4-9,11,13H2,1-3H3. The highest BCUT2D eigenvalue weighted by molar-refractivity contribution is 5.00. The van der Waals surface area contributed by atoms with Gasteiger partial charge in [-0.05, 0) is 43.4 Å². The fourth-order valence-electron chi connectivity index (χ4n) is 2.95. The molecular weight excluding hydrogens is 192 g/mol. The number of allylic oxidation sites excluding steroid dienone is 2. The second-order valence-corrected chi connectivity index (χ2v) is 5.62. The molecular formula is C16H30. The Morgan fingerprint density at radius 2 is 1.81 bits per heavy atom. The first-order chi connectivity index (χ1) is 7.79. The average Bonchev–Trinajstić information content (AvgIpc) is 2.28. The summed E-state index contributed by atoms with van der Waals surface area (Å²) < 4.78 is 0. The van der Waals surface area contributed by atoms with Gasteiger partial charge in [0, 0.05) is 0 Å². The van der Waals surface area contributed by atoms with E-state index in [1.165, 1.54) is 51.4 Å². The van der Waals surface area contributed by atoms with E-state index in [0.29, 0.717) is 0 Å². The topological polar surface area (TPSA) is 0 Å². The molecule has 0 nitrogen and oxygen atoms in total. The molecule has 0 aromatic rings. The fourth-order valence-corrected chi connectivity index (χ4v) is 2.95. The number of hydrogen-bond acceptors (Lipinski definition) is 0. The van der Waals surface area contributed by atoms with Crippen LogP contribution in [0.2, 0.25) is 0 Å². The molecule has 0 heteroatoms. The zero-order chi connectivity index (χ0) is 11.8. The van der Waals surface area contributed by atoms with Crippen LogP contribution in [0.15, 0.2) is 12.2 Å². The van der Waals surface area contributed by atoms with Crippen molar-refractivity contribution in [2.24, 2.45) is 17.8 Å². The van der Waals surface area contributed by atoms with Gasteiger partial charge in [0.2, 0.25) is 0 Å². The van der Waals surface area contributed by atoms with Gasteiger partial charge in [-0.25, -0.2) is 0 Å². The van der Waals surface area contributed by atoms with E-state index in [9.17, 15) is 0 Å². The summed E-state index contributed by atoms with van der Waals surface area (Å²) in [6, 6.07) is 0. The molecule has 0 heterocycles. The van der Waals surface area contributed by atoms with Gasteiger partial charge in [-0.15, -0.1) is 0 Å². The van der Waals surface area contributed by atoms with Crippen LogP contribution < -0.4 is 0 Å². The maximum Gasteiger partial charge on any atom is -0.0179 e. The minimum Gasteiger partial charge on any atom is -0.0882 e. The second kappa shape index (κ2) is 7.92. The molecule has 0 aromatic carbocycles. The van der Waals surface area contributed by atoms with Crippen LogP contribution in [0, 0.1) is 17.8 Å². The lowest BCUT2D eigenvalue weighted by Gasteiger charge is -2.41. The monoisotopic (exact) mass is 222 g/mol. The molecule has 0 aliphatic heterocycles. The third-order valence-electron chi connectivity index (χ3n) is 4.14. The van der Waals surface area contributed by atoms with E-state index >= 15 is 0 Å². The Bertz CT molecular complexity index is 192. The largest absolute Gasteiger partial charge is 0.0882 e. The Hall–Kier alpha value is -0.260. The van der Waals surface area contributed by atoms with Crippen molar-refractivity contribution in [3.8, 4) is 0 Å². The minimum atomic E-state index is 0.910. The molecule has 0 saturated heterocycles. The SMILES string of the molecule is CCCCCC=CC1C(C)CC1CCCC. The zero-order valence-electron chi connectivity index (χ0n) is 11.5. The number of rotatable bonds is 8. The molecule has 94 valence electrons. The summed E-state index contributed by atoms with van der Waals surface area (Å²) in [6.07, 6.45) is 16.1. The van der Waals surface area contributed by atoms with E-state index < -0.39 is 0 Å². The first kappa shape index (κ1) is 13.8. The Kier molecular flexibility index (Phi) is 6.84. The van der Waals surface area contributed by atoms with Crippen molar-refractivity contribution in [1.29, 1.82) is 0 Å². The molecule has 3 atom stereocenters. The van der Waals surface area contributed by atoms with Gasteiger partial charge in [0.05, 0.1) is 0 Å². The summed E-state index contributed by atoms with van der Waals surface area (Å²) in [6.45, 7) is 7.00.